The maximum absolute atomic E-state index is 14.1. The highest BCUT2D eigenvalue weighted by molar-refractivity contribution is 9.10. The summed E-state index contributed by atoms with van der Waals surface area (Å²) in [6.07, 6.45) is 0.740. The van der Waals surface area contributed by atoms with E-state index in [0.29, 0.717) is 17.9 Å². The Labute approximate surface area is 129 Å². The van der Waals surface area contributed by atoms with Crippen LogP contribution in [0, 0.1) is 5.82 Å². The molecular formula is C16H12BrFO3. The van der Waals surface area contributed by atoms with Crippen LogP contribution in [0.5, 0.6) is 11.5 Å². The molecule has 0 atom stereocenters. The zero-order chi connectivity index (χ0) is 15.0. The summed E-state index contributed by atoms with van der Waals surface area (Å²) in [5, 5.41) is 0. The lowest BCUT2D eigenvalue weighted by Crippen LogP contribution is -2.08. The third-order valence-electron chi connectivity index (χ3n) is 3.42. The van der Waals surface area contributed by atoms with Crippen LogP contribution >= 0.6 is 15.9 Å². The van der Waals surface area contributed by atoms with E-state index in [1.807, 2.05) is 6.07 Å². The molecule has 0 saturated heterocycles. The first kappa shape index (κ1) is 14.1. The number of rotatable bonds is 3. The second-order valence-corrected chi connectivity index (χ2v) is 5.60. The molecule has 0 N–H and O–H groups in total. The van der Waals surface area contributed by atoms with Crippen LogP contribution in [-0.4, -0.2) is 19.5 Å². The van der Waals surface area contributed by atoms with E-state index >= 15 is 0 Å². The molecule has 0 aromatic heterocycles. The van der Waals surface area contributed by atoms with Crippen molar-refractivity contribution in [2.45, 2.75) is 6.42 Å². The number of ether oxygens (including phenoxy) is 2. The van der Waals surface area contributed by atoms with Crippen LogP contribution in [0.25, 0.3) is 0 Å². The number of halogens is 2. The summed E-state index contributed by atoms with van der Waals surface area (Å²) in [4.78, 5) is 12.7. The zero-order valence-corrected chi connectivity index (χ0v) is 12.9. The molecule has 0 fully saturated rings. The minimum absolute atomic E-state index is 0.0733. The number of hydrogen-bond acceptors (Lipinski definition) is 3. The van der Waals surface area contributed by atoms with Crippen molar-refractivity contribution in [3.8, 4) is 11.5 Å². The standard InChI is InChI=1S/C16H12BrFO3/c1-20-13-4-2-3-12(18)14(13)15(19)11-8-10(17)7-9-5-6-21-16(9)11/h2-4,7-8H,5-6H2,1H3. The van der Waals surface area contributed by atoms with E-state index in [0.717, 1.165) is 16.5 Å². The molecule has 1 heterocycles. The molecule has 3 rings (SSSR count). The highest BCUT2D eigenvalue weighted by Gasteiger charge is 2.26. The summed E-state index contributed by atoms with van der Waals surface area (Å²) in [5.41, 5.74) is 1.22. The van der Waals surface area contributed by atoms with Gasteiger partial charge in [-0.2, -0.15) is 0 Å². The normalized spacial score (nSPS) is 12.7. The van der Waals surface area contributed by atoms with Gasteiger partial charge >= 0.3 is 0 Å². The zero-order valence-electron chi connectivity index (χ0n) is 11.3. The smallest absolute Gasteiger partial charge is 0.203 e. The van der Waals surface area contributed by atoms with Crippen LogP contribution in [-0.2, 0) is 6.42 Å². The molecule has 0 radical (unpaired) electrons. The van der Waals surface area contributed by atoms with Gasteiger partial charge < -0.3 is 9.47 Å². The van der Waals surface area contributed by atoms with E-state index in [4.69, 9.17) is 9.47 Å². The van der Waals surface area contributed by atoms with E-state index in [-0.39, 0.29) is 11.3 Å². The topological polar surface area (TPSA) is 35.5 Å². The first-order chi connectivity index (χ1) is 10.1. The van der Waals surface area contributed by atoms with E-state index in [9.17, 15) is 9.18 Å². The minimum Gasteiger partial charge on any atom is -0.496 e. The first-order valence-corrected chi connectivity index (χ1v) is 7.23. The molecule has 5 heteroatoms. The van der Waals surface area contributed by atoms with Crippen molar-refractivity contribution in [3.05, 3.63) is 57.3 Å². The summed E-state index contributed by atoms with van der Waals surface area (Å²) < 4.78 is 25.5. The summed E-state index contributed by atoms with van der Waals surface area (Å²) in [7, 11) is 1.41. The van der Waals surface area contributed by atoms with Gasteiger partial charge in [0.05, 0.1) is 19.3 Å². The second-order valence-electron chi connectivity index (χ2n) is 4.69. The van der Waals surface area contributed by atoms with Gasteiger partial charge in [-0.05, 0) is 29.8 Å². The summed E-state index contributed by atoms with van der Waals surface area (Å²) in [6.45, 7) is 0.528. The molecule has 21 heavy (non-hydrogen) atoms. The van der Waals surface area contributed by atoms with Gasteiger partial charge in [0, 0.05) is 10.9 Å². The lowest BCUT2D eigenvalue weighted by atomic mass is 9.98. The van der Waals surface area contributed by atoms with Crippen LogP contribution in [0.15, 0.2) is 34.8 Å². The Bertz CT molecular complexity index is 728. The molecule has 108 valence electrons. The van der Waals surface area contributed by atoms with Crippen molar-refractivity contribution in [1.29, 1.82) is 0 Å². The monoisotopic (exact) mass is 350 g/mol. The Balaban J connectivity index is 2.17. The van der Waals surface area contributed by atoms with Gasteiger partial charge in [0.2, 0.25) is 5.78 Å². The van der Waals surface area contributed by atoms with Gasteiger partial charge in [0.15, 0.2) is 0 Å². The SMILES string of the molecule is COc1cccc(F)c1C(=O)c1cc(Br)cc2c1OCC2. The van der Waals surface area contributed by atoms with E-state index < -0.39 is 11.6 Å². The van der Waals surface area contributed by atoms with Crippen molar-refractivity contribution < 1.29 is 18.7 Å². The van der Waals surface area contributed by atoms with Crippen molar-refractivity contribution in [2.24, 2.45) is 0 Å². The third kappa shape index (κ3) is 2.42. The van der Waals surface area contributed by atoms with Crippen LogP contribution in [0.2, 0.25) is 0 Å². The molecule has 0 unspecified atom stereocenters. The van der Waals surface area contributed by atoms with Gasteiger partial charge in [-0.25, -0.2) is 4.39 Å². The lowest BCUT2D eigenvalue weighted by Gasteiger charge is -2.11. The average molecular weight is 351 g/mol. The highest BCUT2D eigenvalue weighted by Crippen LogP contribution is 2.36. The maximum atomic E-state index is 14.1. The van der Waals surface area contributed by atoms with Crippen LogP contribution in [0.4, 0.5) is 4.39 Å². The fourth-order valence-corrected chi connectivity index (χ4v) is 2.97. The summed E-state index contributed by atoms with van der Waals surface area (Å²) in [5.74, 6) is -0.296. The highest BCUT2D eigenvalue weighted by atomic mass is 79.9. The fourth-order valence-electron chi connectivity index (χ4n) is 2.47. The summed E-state index contributed by atoms with van der Waals surface area (Å²) >= 11 is 3.38. The van der Waals surface area contributed by atoms with Crippen molar-refractivity contribution in [1.82, 2.24) is 0 Å². The molecule has 0 bridgehead atoms. The molecule has 3 nitrogen and oxygen atoms in total. The van der Waals surface area contributed by atoms with Gasteiger partial charge in [0.25, 0.3) is 0 Å². The Kier molecular flexibility index (Phi) is 3.68. The molecule has 0 aliphatic carbocycles. The number of carbonyl (C=O) groups is 1. The number of carbonyl (C=O) groups excluding carboxylic acids is 1. The molecule has 2 aromatic rings. The quantitative estimate of drug-likeness (QED) is 0.790. The predicted molar refractivity (Wildman–Crippen MR) is 79.7 cm³/mol. The van der Waals surface area contributed by atoms with Crippen LogP contribution in [0.1, 0.15) is 21.5 Å². The minimum atomic E-state index is -0.605. The molecule has 0 saturated carbocycles. The predicted octanol–water partition coefficient (Wildman–Crippen LogP) is 3.76. The number of hydrogen-bond donors (Lipinski definition) is 0. The van der Waals surface area contributed by atoms with E-state index in [1.165, 1.54) is 19.2 Å². The Morgan fingerprint density at radius 1 is 1.38 bits per heavy atom. The Morgan fingerprint density at radius 3 is 2.95 bits per heavy atom. The van der Waals surface area contributed by atoms with Crippen molar-refractivity contribution in [2.75, 3.05) is 13.7 Å². The third-order valence-corrected chi connectivity index (χ3v) is 3.87. The number of ketones is 1. The van der Waals surface area contributed by atoms with Crippen LogP contribution in [0.3, 0.4) is 0 Å². The Morgan fingerprint density at radius 2 is 2.19 bits per heavy atom. The van der Waals surface area contributed by atoms with Crippen molar-refractivity contribution >= 4 is 21.7 Å². The lowest BCUT2D eigenvalue weighted by molar-refractivity contribution is 0.102. The fraction of sp³-hybridized carbons (Fsp3) is 0.188. The van der Waals surface area contributed by atoms with Gasteiger partial charge in [-0.3, -0.25) is 4.79 Å². The Hall–Kier alpha value is -1.88. The van der Waals surface area contributed by atoms with Gasteiger partial charge in [-0.1, -0.05) is 22.0 Å². The molecule has 0 spiro atoms. The van der Waals surface area contributed by atoms with Crippen molar-refractivity contribution in [3.63, 3.8) is 0 Å². The number of benzene rings is 2. The van der Waals surface area contributed by atoms with Gasteiger partial charge in [-0.15, -0.1) is 0 Å². The van der Waals surface area contributed by atoms with E-state index in [1.54, 1.807) is 12.1 Å². The largest absolute Gasteiger partial charge is 0.496 e. The molecule has 2 aromatic carbocycles. The molecule has 0 amide bonds. The van der Waals surface area contributed by atoms with E-state index in [2.05, 4.69) is 15.9 Å². The molecular weight excluding hydrogens is 339 g/mol. The van der Waals surface area contributed by atoms with Gasteiger partial charge in [0.1, 0.15) is 22.9 Å². The maximum Gasteiger partial charge on any atom is 0.203 e. The van der Waals surface area contributed by atoms with Crippen LogP contribution < -0.4 is 9.47 Å². The number of methoxy groups -OCH3 is 1. The molecule has 1 aliphatic heterocycles. The first-order valence-electron chi connectivity index (χ1n) is 6.44. The number of fused-ring (bicyclic) bond motifs is 1. The second kappa shape index (κ2) is 5.48. The average Bonchev–Trinajstić information content (AvgIpc) is 2.93. The molecule has 1 aliphatic rings. The summed E-state index contributed by atoms with van der Waals surface area (Å²) in [6, 6.07) is 7.88.